The molecule has 0 unspecified atom stereocenters. The van der Waals surface area contributed by atoms with Crippen LogP contribution < -0.4 is 15.4 Å². The lowest BCUT2D eigenvalue weighted by molar-refractivity contribution is -0.126. The zero-order valence-electron chi connectivity index (χ0n) is 14.8. The van der Waals surface area contributed by atoms with Crippen LogP contribution in [0.1, 0.15) is 12.8 Å². The molecular weight excluding hydrogens is 330 g/mol. The number of anilines is 1. The predicted octanol–water partition coefficient (Wildman–Crippen LogP) is 2.63. The molecule has 1 heterocycles. The van der Waals surface area contributed by atoms with Crippen molar-refractivity contribution >= 4 is 17.5 Å². The highest BCUT2D eigenvalue weighted by Gasteiger charge is 2.31. The second kappa shape index (κ2) is 8.49. The number of likely N-dealkylation sites (tertiary alicyclic amines) is 1. The third kappa shape index (κ3) is 4.61. The molecule has 0 saturated carbocycles. The van der Waals surface area contributed by atoms with E-state index in [1.165, 1.54) is 0 Å². The second-order valence-corrected chi connectivity index (χ2v) is 6.23. The van der Waals surface area contributed by atoms with Crippen molar-refractivity contribution in [3.63, 3.8) is 0 Å². The summed E-state index contributed by atoms with van der Waals surface area (Å²) in [5.74, 6) is 1.31. The van der Waals surface area contributed by atoms with Crippen molar-refractivity contribution in [2.24, 2.45) is 0 Å². The first-order valence-electron chi connectivity index (χ1n) is 8.74. The zero-order valence-corrected chi connectivity index (χ0v) is 14.8. The van der Waals surface area contributed by atoms with Gasteiger partial charge in [-0.15, -0.1) is 0 Å². The first-order chi connectivity index (χ1) is 12.7. The molecule has 2 aromatic carbocycles. The van der Waals surface area contributed by atoms with E-state index in [-0.39, 0.29) is 24.4 Å². The first-order valence-corrected chi connectivity index (χ1v) is 8.74. The van der Waals surface area contributed by atoms with E-state index in [9.17, 15) is 9.59 Å². The van der Waals surface area contributed by atoms with Crippen LogP contribution in [0.5, 0.6) is 11.5 Å². The summed E-state index contributed by atoms with van der Waals surface area (Å²) in [4.78, 5) is 26.1. The van der Waals surface area contributed by atoms with Crippen LogP contribution in [0.2, 0.25) is 0 Å². The maximum Gasteiger partial charge on any atom is 0.238 e. The monoisotopic (exact) mass is 353 g/mol. The third-order valence-corrected chi connectivity index (χ3v) is 4.38. The summed E-state index contributed by atoms with van der Waals surface area (Å²) in [6.45, 7) is 0.968. The number of nitrogens with zero attached hydrogens (tertiary/aromatic N) is 1. The Hall–Kier alpha value is -2.86. The highest BCUT2D eigenvalue weighted by Crippen LogP contribution is 2.23. The van der Waals surface area contributed by atoms with Crippen molar-refractivity contribution in [1.82, 2.24) is 10.2 Å². The summed E-state index contributed by atoms with van der Waals surface area (Å²) in [5.41, 5.74) is 0.700. The van der Waals surface area contributed by atoms with Crippen molar-refractivity contribution < 1.29 is 14.3 Å². The molecule has 1 fully saturated rings. The maximum atomic E-state index is 12.3. The Bertz CT molecular complexity index is 747. The molecule has 1 aliphatic rings. The van der Waals surface area contributed by atoms with Crippen molar-refractivity contribution in [1.29, 1.82) is 0 Å². The summed E-state index contributed by atoms with van der Waals surface area (Å²) < 4.78 is 5.73. The number of para-hydroxylation sites is 1. The smallest absolute Gasteiger partial charge is 0.238 e. The fourth-order valence-electron chi connectivity index (χ4n) is 3.09. The van der Waals surface area contributed by atoms with E-state index in [4.69, 9.17) is 4.74 Å². The predicted molar refractivity (Wildman–Crippen MR) is 100 cm³/mol. The van der Waals surface area contributed by atoms with Gasteiger partial charge in [-0.05, 0) is 55.8 Å². The van der Waals surface area contributed by atoms with Gasteiger partial charge in [-0.3, -0.25) is 14.5 Å². The van der Waals surface area contributed by atoms with Crippen LogP contribution in [0.25, 0.3) is 0 Å². The molecule has 0 radical (unpaired) electrons. The lowest BCUT2D eigenvalue weighted by atomic mass is 10.2. The molecule has 0 aliphatic carbocycles. The normalized spacial score (nSPS) is 16.9. The second-order valence-electron chi connectivity index (χ2n) is 6.23. The Kier molecular flexibility index (Phi) is 5.86. The molecule has 2 N–H and O–H groups in total. The number of carbonyl (C=O) groups is 2. The Morgan fingerprint density at radius 1 is 1.08 bits per heavy atom. The Balaban J connectivity index is 1.53. The minimum absolute atomic E-state index is 0.0299. The van der Waals surface area contributed by atoms with E-state index < -0.39 is 0 Å². The molecule has 0 aromatic heterocycles. The fourth-order valence-corrected chi connectivity index (χ4v) is 3.09. The van der Waals surface area contributed by atoms with Gasteiger partial charge in [-0.1, -0.05) is 18.2 Å². The molecule has 0 spiro atoms. The zero-order chi connectivity index (χ0) is 18.4. The lowest BCUT2D eigenvalue weighted by Crippen LogP contribution is -2.45. The first kappa shape index (κ1) is 17.9. The minimum Gasteiger partial charge on any atom is -0.457 e. The summed E-state index contributed by atoms with van der Waals surface area (Å²) in [6, 6.07) is 16.5. The van der Waals surface area contributed by atoms with E-state index in [1.54, 1.807) is 19.2 Å². The number of ether oxygens (including phenoxy) is 1. The van der Waals surface area contributed by atoms with Crippen LogP contribution >= 0.6 is 0 Å². The molecule has 3 rings (SSSR count). The number of nitrogens with one attached hydrogen (secondary N) is 2. The number of rotatable bonds is 6. The summed E-state index contributed by atoms with van der Waals surface area (Å²) in [6.07, 6.45) is 1.72. The molecule has 1 atom stereocenters. The van der Waals surface area contributed by atoms with Gasteiger partial charge in [0.15, 0.2) is 0 Å². The molecule has 136 valence electrons. The van der Waals surface area contributed by atoms with Gasteiger partial charge < -0.3 is 15.4 Å². The molecule has 26 heavy (non-hydrogen) atoms. The van der Waals surface area contributed by atoms with E-state index in [2.05, 4.69) is 10.6 Å². The van der Waals surface area contributed by atoms with Crippen LogP contribution in [0.3, 0.4) is 0 Å². The van der Waals surface area contributed by atoms with E-state index in [0.717, 1.165) is 25.1 Å². The summed E-state index contributed by atoms with van der Waals surface area (Å²) in [5, 5.41) is 5.53. The number of likely N-dealkylation sites (N-methyl/N-ethyl adjacent to an activating group) is 1. The molecule has 0 bridgehead atoms. The number of benzene rings is 2. The highest BCUT2D eigenvalue weighted by atomic mass is 16.5. The van der Waals surface area contributed by atoms with E-state index in [1.807, 2.05) is 47.4 Å². The standard InChI is InChI=1S/C20H23N3O3/c1-21-20(25)18-8-5-13-23(18)14-19(24)22-15-9-11-17(12-10-15)26-16-6-3-2-4-7-16/h2-4,6-7,9-12,18H,5,8,13-14H2,1H3,(H,21,25)(H,22,24)/t18-/m0/s1. The van der Waals surface area contributed by atoms with Gasteiger partial charge in [-0.25, -0.2) is 0 Å². The van der Waals surface area contributed by atoms with Gasteiger partial charge in [0.2, 0.25) is 11.8 Å². The van der Waals surface area contributed by atoms with Crippen molar-refractivity contribution in [2.75, 3.05) is 25.5 Å². The number of hydrogen-bond donors (Lipinski definition) is 2. The molecule has 1 aliphatic heterocycles. The fraction of sp³-hybridized carbons (Fsp3) is 0.300. The van der Waals surface area contributed by atoms with E-state index in [0.29, 0.717) is 11.4 Å². The van der Waals surface area contributed by atoms with Crippen LogP contribution in [0, 0.1) is 0 Å². The number of amides is 2. The average molecular weight is 353 g/mol. The van der Waals surface area contributed by atoms with Crippen LogP contribution in [-0.4, -0.2) is 42.9 Å². The average Bonchev–Trinajstić information content (AvgIpc) is 3.11. The maximum absolute atomic E-state index is 12.3. The van der Waals surface area contributed by atoms with Crippen molar-refractivity contribution in [3.05, 3.63) is 54.6 Å². The minimum atomic E-state index is -0.215. The molecule has 2 aromatic rings. The number of hydrogen-bond acceptors (Lipinski definition) is 4. The van der Waals surface area contributed by atoms with Gasteiger partial charge >= 0.3 is 0 Å². The van der Waals surface area contributed by atoms with Crippen molar-refractivity contribution in [2.45, 2.75) is 18.9 Å². The van der Waals surface area contributed by atoms with Crippen LogP contribution in [-0.2, 0) is 9.59 Å². The number of carbonyl (C=O) groups excluding carboxylic acids is 2. The molecule has 1 saturated heterocycles. The highest BCUT2D eigenvalue weighted by molar-refractivity contribution is 5.93. The largest absolute Gasteiger partial charge is 0.457 e. The van der Waals surface area contributed by atoms with Gasteiger partial charge in [0.05, 0.1) is 12.6 Å². The molecule has 6 nitrogen and oxygen atoms in total. The summed E-state index contributed by atoms with van der Waals surface area (Å²) in [7, 11) is 1.62. The topological polar surface area (TPSA) is 70.7 Å². The third-order valence-electron chi connectivity index (χ3n) is 4.38. The molecular formula is C20H23N3O3. The van der Waals surface area contributed by atoms with Crippen LogP contribution in [0.4, 0.5) is 5.69 Å². The summed E-state index contributed by atoms with van der Waals surface area (Å²) >= 11 is 0. The quantitative estimate of drug-likeness (QED) is 0.838. The lowest BCUT2D eigenvalue weighted by Gasteiger charge is -2.22. The van der Waals surface area contributed by atoms with Gasteiger partial charge in [0.1, 0.15) is 11.5 Å². The van der Waals surface area contributed by atoms with E-state index >= 15 is 0 Å². The van der Waals surface area contributed by atoms with Crippen molar-refractivity contribution in [3.8, 4) is 11.5 Å². The molecule has 6 heteroatoms. The molecule has 2 amide bonds. The Morgan fingerprint density at radius 3 is 2.46 bits per heavy atom. The van der Waals surface area contributed by atoms with Gasteiger partial charge in [-0.2, -0.15) is 0 Å². The Morgan fingerprint density at radius 2 is 1.77 bits per heavy atom. The van der Waals surface area contributed by atoms with Gasteiger partial charge in [0, 0.05) is 12.7 Å². The Labute approximate surface area is 153 Å². The SMILES string of the molecule is CNC(=O)[C@@H]1CCCN1CC(=O)Nc1ccc(Oc2ccccc2)cc1. The van der Waals surface area contributed by atoms with Crippen LogP contribution in [0.15, 0.2) is 54.6 Å². The van der Waals surface area contributed by atoms with Gasteiger partial charge in [0.25, 0.3) is 0 Å².